The average molecular weight is 492 g/mol. The number of nitrogens with zero attached hydrogens (tertiary/aromatic N) is 1. The van der Waals surface area contributed by atoms with Crippen molar-refractivity contribution in [2.45, 2.75) is 20.0 Å². The number of carbonyl (C=O) groups excluding carboxylic acids is 1. The molecular weight excluding hydrogens is 465 g/mol. The molecule has 0 spiro atoms. The number of allylic oxidation sites excluding steroid dienone is 1. The summed E-state index contributed by atoms with van der Waals surface area (Å²) in [5, 5.41) is 0. The Kier molecular flexibility index (Phi) is 6.28. The van der Waals surface area contributed by atoms with Crippen molar-refractivity contribution in [1.82, 2.24) is 4.90 Å². The Labute approximate surface area is 208 Å². The first kappa shape index (κ1) is 23.7. The lowest BCUT2D eigenvalue weighted by atomic mass is 9.98. The molecule has 2 heterocycles. The molecule has 0 N–H and O–H groups in total. The topological polar surface area (TPSA) is 66.5 Å². The summed E-state index contributed by atoms with van der Waals surface area (Å²) in [6.07, 6.45) is 1.65. The summed E-state index contributed by atoms with van der Waals surface area (Å²) in [6, 6.07) is 11.8. The SMILES string of the molecule is COc1ccc(/C=C2\Oc3c4c(cc(C)c3C2=O)OCN(Cc2ccc(F)cc2)C4)c(OC)c1OC. The minimum Gasteiger partial charge on any atom is -0.493 e. The number of hydrogen-bond acceptors (Lipinski definition) is 7. The van der Waals surface area contributed by atoms with E-state index in [4.69, 9.17) is 23.7 Å². The number of rotatable bonds is 6. The van der Waals surface area contributed by atoms with Gasteiger partial charge in [0.15, 0.2) is 17.3 Å². The van der Waals surface area contributed by atoms with E-state index in [-0.39, 0.29) is 17.4 Å². The maximum absolute atomic E-state index is 13.4. The molecule has 0 fully saturated rings. The predicted octanol–water partition coefficient (Wildman–Crippen LogP) is 5.13. The summed E-state index contributed by atoms with van der Waals surface area (Å²) >= 11 is 0. The number of hydrogen-bond donors (Lipinski definition) is 0. The quantitative estimate of drug-likeness (QED) is 0.443. The zero-order valence-electron chi connectivity index (χ0n) is 20.5. The Hall–Kier alpha value is -4.04. The third-order valence-corrected chi connectivity index (χ3v) is 6.33. The molecule has 0 aliphatic carbocycles. The number of methoxy groups -OCH3 is 3. The number of Topliss-reactive ketones (excluding diaryl/α,β-unsaturated/α-hetero) is 1. The summed E-state index contributed by atoms with van der Waals surface area (Å²) in [5.41, 5.74) is 3.69. The second-order valence-corrected chi connectivity index (χ2v) is 8.62. The third kappa shape index (κ3) is 4.13. The van der Waals surface area contributed by atoms with E-state index in [1.54, 1.807) is 37.5 Å². The van der Waals surface area contributed by atoms with Crippen LogP contribution in [0.5, 0.6) is 28.7 Å². The minimum absolute atomic E-state index is 0.183. The molecule has 36 heavy (non-hydrogen) atoms. The highest BCUT2D eigenvalue weighted by Gasteiger charge is 2.35. The number of ether oxygens (including phenoxy) is 5. The molecule has 8 heteroatoms. The standard InChI is InChI=1S/C28H26FNO6/c1-16-11-22-20(14-30(15-35-22)13-17-5-8-19(29)9-6-17)27-24(16)25(31)23(36-27)12-18-7-10-21(32-2)28(34-4)26(18)33-3/h5-12H,13-15H2,1-4H3/b23-12-. The van der Waals surface area contributed by atoms with Crippen LogP contribution in [0.4, 0.5) is 4.39 Å². The smallest absolute Gasteiger partial charge is 0.232 e. The monoisotopic (exact) mass is 491 g/mol. The molecular formula is C28H26FNO6. The highest BCUT2D eigenvalue weighted by Crippen LogP contribution is 2.46. The lowest BCUT2D eigenvalue weighted by Crippen LogP contribution is -2.31. The second kappa shape index (κ2) is 9.54. The van der Waals surface area contributed by atoms with Gasteiger partial charge in [0, 0.05) is 18.7 Å². The summed E-state index contributed by atoms with van der Waals surface area (Å²) in [5.74, 6) is 2.27. The first-order chi connectivity index (χ1) is 17.4. The summed E-state index contributed by atoms with van der Waals surface area (Å²) < 4.78 is 41.9. The number of ketones is 1. The van der Waals surface area contributed by atoms with Crippen molar-refractivity contribution in [3.05, 3.63) is 81.9 Å². The minimum atomic E-state index is -0.273. The van der Waals surface area contributed by atoms with Crippen LogP contribution in [0.25, 0.3) is 6.08 Å². The zero-order chi connectivity index (χ0) is 25.4. The van der Waals surface area contributed by atoms with Crippen LogP contribution < -0.4 is 23.7 Å². The number of fused-ring (bicyclic) bond motifs is 3. The van der Waals surface area contributed by atoms with Crippen molar-refractivity contribution in [3.8, 4) is 28.7 Å². The van der Waals surface area contributed by atoms with Gasteiger partial charge in [0.25, 0.3) is 0 Å². The van der Waals surface area contributed by atoms with Gasteiger partial charge in [0.2, 0.25) is 11.5 Å². The van der Waals surface area contributed by atoms with Gasteiger partial charge in [0.1, 0.15) is 24.0 Å². The predicted molar refractivity (Wildman–Crippen MR) is 131 cm³/mol. The van der Waals surface area contributed by atoms with E-state index in [2.05, 4.69) is 4.90 Å². The summed E-state index contributed by atoms with van der Waals surface area (Å²) in [7, 11) is 4.60. The van der Waals surface area contributed by atoms with E-state index in [0.717, 1.165) is 16.7 Å². The van der Waals surface area contributed by atoms with Gasteiger partial charge in [-0.1, -0.05) is 12.1 Å². The molecule has 186 valence electrons. The molecule has 5 rings (SSSR count). The normalized spacial score (nSPS) is 15.7. The zero-order valence-corrected chi connectivity index (χ0v) is 20.5. The van der Waals surface area contributed by atoms with Gasteiger partial charge in [-0.2, -0.15) is 0 Å². The maximum atomic E-state index is 13.4. The van der Waals surface area contributed by atoms with Crippen LogP contribution in [0.3, 0.4) is 0 Å². The molecule has 3 aromatic carbocycles. The fourth-order valence-electron chi connectivity index (χ4n) is 4.60. The lowest BCUT2D eigenvalue weighted by molar-refractivity contribution is 0.0872. The van der Waals surface area contributed by atoms with Gasteiger partial charge in [-0.05, 0) is 54.5 Å². The Morgan fingerprint density at radius 2 is 1.78 bits per heavy atom. The molecule has 3 aromatic rings. The van der Waals surface area contributed by atoms with Crippen molar-refractivity contribution in [1.29, 1.82) is 0 Å². The highest BCUT2D eigenvalue weighted by molar-refractivity contribution is 6.16. The first-order valence-corrected chi connectivity index (χ1v) is 11.4. The summed E-state index contributed by atoms with van der Waals surface area (Å²) in [6.45, 7) is 3.34. The highest BCUT2D eigenvalue weighted by atomic mass is 19.1. The molecule has 0 saturated heterocycles. The van der Waals surface area contributed by atoms with E-state index in [1.165, 1.54) is 26.4 Å². The van der Waals surface area contributed by atoms with Crippen LogP contribution in [0.15, 0.2) is 48.2 Å². The molecule has 2 aliphatic heterocycles. The molecule has 2 aliphatic rings. The van der Waals surface area contributed by atoms with Gasteiger partial charge >= 0.3 is 0 Å². The van der Waals surface area contributed by atoms with Gasteiger partial charge in [0.05, 0.1) is 32.5 Å². The van der Waals surface area contributed by atoms with Crippen molar-refractivity contribution < 1.29 is 32.9 Å². The Bertz CT molecular complexity index is 1370. The summed E-state index contributed by atoms with van der Waals surface area (Å²) in [4.78, 5) is 15.5. The Morgan fingerprint density at radius 1 is 1.03 bits per heavy atom. The fourth-order valence-corrected chi connectivity index (χ4v) is 4.60. The largest absolute Gasteiger partial charge is 0.493 e. The molecule has 0 unspecified atom stereocenters. The maximum Gasteiger partial charge on any atom is 0.232 e. The Morgan fingerprint density at radius 3 is 2.47 bits per heavy atom. The van der Waals surface area contributed by atoms with Crippen molar-refractivity contribution in [3.63, 3.8) is 0 Å². The average Bonchev–Trinajstić information content (AvgIpc) is 3.22. The van der Waals surface area contributed by atoms with E-state index in [0.29, 0.717) is 59.7 Å². The molecule has 0 atom stereocenters. The van der Waals surface area contributed by atoms with E-state index in [9.17, 15) is 9.18 Å². The van der Waals surface area contributed by atoms with Crippen LogP contribution in [-0.4, -0.2) is 38.7 Å². The molecule has 0 saturated carbocycles. The molecule has 0 radical (unpaired) electrons. The van der Waals surface area contributed by atoms with E-state index >= 15 is 0 Å². The Balaban J connectivity index is 1.48. The van der Waals surface area contributed by atoms with Crippen molar-refractivity contribution >= 4 is 11.9 Å². The van der Waals surface area contributed by atoms with Crippen LogP contribution >= 0.6 is 0 Å². The molecule has 7 nitrogen and oxygen atoms in total. The van der Waals surface area contributed by atoms with E-state index < -0.39 is 0 Å². The molecule has 0 aromatic heterocycles. The lowest BCUT2D eigenvalue weighted by Gasteiger charge is -2.30. The van der Waals surface area contributed by atoms with Gasteiger partial charge in [-0.15, -0.1) is 0 Å². The van der Waals surface area contributed by atoms with Crippen molar-refractivity contribution in [2.24, 2.45) is 0 Å². The van der Waals surface area contributed by atoms with Gasteiger partial charge in [-0.25, -0.2) is 4.39 Å². The van der Waals surface area contributed by atoms with Gasteiger partial charge in [-0.3, -0.25) is 9.69 Å². The number of aryl methyl sites for hydroxylation is 1. The number of carbonyl (C=O) groups is 1. The van der Waals surface area contributed by atoms with Crippen molar-refractivity contribution in [2.75, 3.05) is 28.1 Å². The van der Waals surface area contributed by atoms with Crippen LogP contribution in [-0.2, 0) is 13.1 Å². The third-order valence-electron chi connectivity index (χ3n) is 6.33. The number of benzene rings is 3. The van der Waals surface area contributed by atoms with Crippen LogP contribution in [0.1, 0.15) is 32.6 Å². The second-order valence-electron chi connectivity index (χ2n) is 8.62. The fraction of sp³-hybridized carbons (Fsp3) is 0.250. The van der Waals surface area contributed by atoms with Crippen LogP contribution in [0.2, 0.25) is 0 Å². The van der Waals surface area contributed by atoms with E-state index in [1.807, 2.05) is 13.0 Å². The molecule has 0 bridgehead atoms. The van der Waals surface area contributed by atoms with Crippen LogP contribution in [0, 0.1) is 12.7 Å². The van der Waals surface area contributed by atoms with Gasteiger partial charge < -0.3 is 23.7 Å². The first-order valence-electron chi connectivity index (χ1n) is 11.4. The number of halogens is 1. The molecule has 0 amide bonds.